The van der Waals surface area contributed by atoms with Crippen LogP contribution in [0.4, 0.5) is 4.39 Å². The summed E-state index contributed by atoms with van der Waals surface area (Å²) in [5, 5.41) is 8.79. The van der Waals surface area contributed by atoms with Crippen molar-refractivity contribution in [2.75, 3.05) is 0 Å². The fraction of sp³-hybridized carbons (Fsp3) is 0.417. The smallest absolute Gasteiger partial charge is 0.137 e. The van der Waals surface area contributed by atoms with E-state index in [1.807, 2.05) is 13.0 Å². The van der Waals surface area contributed by atoms with Crippen LogP contribution in [0.25, 0.3) is 0 Å². The molecular formula is C12H14FNO. The molecule has 0 N–H and O–H groups in total. The molecule has 0 amide bonds. The molecule has 15 heavy (non-hydrogen) atoms. The van der Waals surface area contributed by atoms with E-state index in [9.17, 15) is 4.39 Å². The molecule has 0 bridgehead atoms. The number of halogens is 1. The molecule has 2 nitrogen and oxygen atoms in total. The lowest BCUT2D eigenvalue weighted by molar-refractivity contribution is 0.209. The molecule has 1 aromatic rings. The second kappa shape index (κ2) is 5.35. The van der Waals surface area contributed by atoms with E-state index in [2.05, 4.69) is 6.92 Å². The summed E-state index contributed by atoms with van der Waals surface area (Å²) in [6.07, 6.45) is 1.99. The van der Waals surface area contributed by atoms with Gasteiger partial charge < -0.3 is 4.74 Å². The predicted molar refractivity (Wildman–Crippen MR) is 56.1 cm³/mol. The van der Waals surface area contributed by atoms with E-state index < -0.39 is 5.82 Å². The summed E-state index contributed by atoms with van der Waals surface area (Å²) in [4.78, 5) is 0. The molecule has 0 heterocycles. The Morgan fingerprint density at radius 2 is 2.27 bits per heavy atom. The van der Waals surface area contributed by atoms with E-state index in [1.54, 1.807) is 0 Å². The van der Waals surface area contributed by atoms with Crippen molar-refractivity contribution >= 4 is 0 Å². The van der Waals surface area contributed by atoms with Gasteiger partial charge in [0.15, 0.2) is 0 Å². The van der Waals surface area contributed by atoms with E-state index in [-0.39, 0.29) is 11.7 Å². The maximum absolute atomic E-state index is 12.8. The first-order valence-corrected chi connectivity index (χ1v) is 5.03. The Balaban J connectivity index is 2.81. The van der Waals surface area contributed by atoms with Crippen LogP contribution in [0.1, 0.15) is 32.3 Å². The zero-order chi connectivity index (χ0) is 11.3. The Morgan fingerprint density at radius 3 is 2.87 bits per heavy atom. The number of benzene rings is 1. The van der Waals surface area contributed by atoms with Crippen LogP contribution in [-0.4, -0.2) is 6.10 Å². The summed E-state index contributed by atoms with van der Waals surface area (Å²) in [5.74, 6) is 0.0434. The van der Waals surface area contributed by atoms with Crippen molar-refractivity contribution in [1.29, 1.82) is 5.26 Å². The van der Waals surface area contributed by atoms with Gasteiger partial charge in [-0.25, -0.2) is 4.39 Å². The number of nitrogens with zero attached hydrogens (tertiary/aromatic N) is 1. The fourth-order valence-corrected chi connectivity index (χ4v) is 1.37. The molecule has 0 saturated carbocycles. The van der Waals surface area contributed by atoms with Gasteiger partial charge in [0.2, 0.25) is 0 Å². The third kappa shape index (κ3) is 3.25. The van der Waals surface area contributed by atoms with Gasteiger partial charge in [0.25, 0.3) is 0 Å². The highest BCUT2D eigenvalue weighted by atomic mass is 19.1. The number of rotatable bonds is 4. The molecule has 0 aliphatic carbocycles. The molecule has 0 spiro atoms. The first kappa shape index (κ1) is 11.5. The highest BCUT2D eigenvalue weighted by Gasteiger charge is 2.08. The van der Waals surface area contributed by atoms with Gasteiger partial charge in [-0.05, 0) is 31.5 Å². The number of hydrogen-bond donors (Lipinski definition) is 0. The van der Waals surface area contributed by atoms with Crippen LogP contribution < -0.4 is 4.74 Å². The Morgan fingerprint density at radius 1 is 1.53 bits per heavy atom. The van der Waals surface area contributed by atoms with Crippen molar-refractivity contribution in [3.8, 4) is 11.8 Å². The van der Waals surface area contributed by atoms with Crippen LogP contribution in [-0.2, 0) is 0 Å². The van der Waals surface area contributed by atoms with Crippen molar-refractivity contribution in [1.82, 2.24) is 0 Å². The normalized spacial score (nSPS) is 11.9. The minimum absolute atomic E-state index is 0.0487. The Bertz CT molecular complexity index is 370. The molecular weight excluding hydrogens is 193 g/mol. The average molecular weight is 207 g/mol. The number of nitriles is 1. The Labute approximate surface area is 89.3 Å². The SMILES string of the molecule is CCCC(C)Oc1ccc(F)cc1C#N. The summed E-state index contributed by atoms with van der Waals surface area (Å²) >= 11 is 0. The zero-order valence-corrected chi connectivity index (χ0v) is 8.96. The van der Waals surface area contributed by atoms with Crippen LogP contribution >= 0.6 is 0 Å². The molecule has 1 atom stereocenters. The highest BCUT2D eigenvalue weighted by molar-refractivity contribution is 5.43. The van der Waals surface area contributed by atoms with Crippen LogP contribution in [0, 0.1) is 17.1 Å². The standard InChI is InChI=1S/C12H14FNO/c1-3-4-9(2)15-12-6-5-11(13)7-10(12)8-14/h5-7,9H,3-4H2,1-2H3. The molecule has 1 unspecified atom stereocenters. The van der Waals surface area contributed by atoms with Crippen LogP contribution in [0.3, 0.4) is 0 Å². The molecule has 1 aromatic carbocycles. The van der Waals surface area contributed by atoms with E-state index in [4.69, 9.17) is 10.00 Å². The quantitative estimate of drug-likeness (QED) is 0.759. The summed E-state index contributed by atoms with van der Waals surface area (Å²) < 4.78 is 18.4. The zero-order valence-electron chi connectivity index (χ0n) is 8.96. The van der Waals surface area contributed by atoms with E-state index in [0.717, 1.165) is 12.8 Å². The van der Waals surface area contributed by atoms with Crippen molar-refractivity contribution < 1.29 is 9.13 Å². The van der Waals surface area contributed by atoms with Crippen molar-refractivity contribution in [3.63, 3.8) is 0 Å². The monoisotopic (exact) mass is 207 g/mol. The largest absolute Gasteiger partial charge is 0.489 e. The number of ether oxygens (including phenoxy) is 1. The molecule has 3 heteroatoms. The topological polar surface area (TPSA) is 33.0 Å². The molecule has 0 fully saturated rings. The van der Waals surface area contributed by atoms with Gasteiger partial charge in [-0.2, -0.15) is 5.26 Å². The minimum Gasteiger partial charge on any atom is -0.489 e. The lowest BCUT2D eigenvalue weighted by atomic mass is 10.2. The van der Waals surface area contributed by atoms with Crippen LogP contribution in [0.2, 0.25) is 0 Å². The predicted octanol–water partition coefficient (Wildman–Crippen LogP) is 3.26. The molecule has 0 radical (unpaired) electrons. The van der Waals surface area contributed by atoms with Gasteiger partial charge in [0, 0.05) is 0 Å². The van der Waals surface area contributed by atoms with Gasteiger partial charge in [-0.3, -0.25) is 0 Å². The second-order valence-electron chi connectivity index (χ2n) is 3.47. The molecule has 1 rings (SSSR count). The average Bonchev–Trinajstić information content (AvgIpc) is 2.21. The van der Waals surface area contributed by atoms with Crippen molar-refractivity contribution in [2.24, 2.45) is 0 Å². The highest BCUT2D eigenvalue weighted by Crippen LogP contribution is 2.20. The fourth-order valence-electron chi connectivity index (χ4n) is 1.37. The van der Waals surface area contributed by atoms with Crippen molar-refractivity contribution in [3.05, 3.63) is 29.6 Å². The summed E-state index contributed by atoms with van der Waals surface area (Å²) in [6.45, 7) is 4.00. The first-order valence-electron chi connectivity index (χ1n) is 5.03. The maximum Gasteiger partial charge on any atom is 0.137 e. The Kier molecular flexibility index (Phi) is 4.11. The molecule has 0 saturated heterocycles. The summed E-state index contributed by atoms with van der Waals surface area (Å²) in [6, 6.07) is 5.91. The van der Waals surface area contributed by atoms with Crippen LogP contribution in [0.5, 0.6) is 5.75 Å². The number of hydrogen-bond acceptors (Lipinski definition) is 2. The van der Waals surface area contributed by atoms with Crippen LogP contribution in [0.15, 0.2) is 18.2 Å². The molecule has 0 aromatic heterocycles. The van der Waals surface area contributed by atoms with Gasteiger partial charge >= 0.3 is 0 Å². The van der Waals surface area contributed by atoms with Gasteiger partial charge in [-0.15, -0.1) is 0 Å². The lowest BCUT2D eigenvalue weighted by Crippen LogP contribution is -2.11. The second-order valence-corrected chi connectivity index (χ2v) is 3.47. The maximum atomic E-state index is 12.8. The molecule has 0 aliphatic heterocycles. The van der Waals surface area contributed by atoms with E-state index >= 15 is 0 Å². The molecule has 0 aliphatic rings. The first-order chi connectivity index (χ1) is 7.17. The Hall–Kier alpha value is -1.56. The van der Waals surface area contributed by atoms with Crippen molar-refractivity contribution in [2.45, 2.75) is 32.8 Å². The summed E-state index contributed by atoms with van der Waals surface area (Å²) in [5.41, 5.74) is 0.248. The molecule has 80 valence electrons. The minimum atomic E-state index is -0.415. The third-order valence-electron chi connectivity index (χ3n) is 2.09. The third-order valence-corrected chi connectivity index (χ3v) is 2.09. The van der Waals surface area contributed by atoms with E-state index in [1.165, 1.54) is 18.2 Å². The van der Waals surface area contributed by atoms with E-state index in [0.29, 0.717) is 5.75 Å². The summed E-state index contributed by atoms with van der Waals surface area (Å²) in [7, 11) is 0. The lowest BCUT2D eigenvalue weighted by Gasteiger charge is -2.14. The van der Waals surface area contributed by atoms with Gasteiger partial charge in [0.1, 0.15) is 17.6 Å². The van der Waals surface area contributed by atoms with Gasteiger partial charge in [0.05, 0.1) is 11.7 Å². The van der Waals surface area contributed by atoms with Gasteiger partial charge in [-0.1, -0.05) is 13.3 Å².